The number of carbonyl (C=O) groups excluding carboxylic acids is 1. The zero-order chi connectivity index (χ0) is 12.7. The summed E-state index contributed by atoms with van der Waals surface area (Å²) in [6.07, 6.45) is 0. The molecule has 8 heteroatoms. The Labute approximate surface area is 95.1 Å². The number of nitrogens with zero attached hydrogens (tertiary/aromatic N) is 1. The number of carbonyl (C=O) groups is 1. The molecule has 0 rings (SSSR count). The first kappa shape index (κ1) is 15.5. The van der Waals surface area contributed by atoms with Crippen molar-refractivity contribution in [3.8, 4) is 0 Å². The van der Waals surface area contributed by atoms with Crippen LogP contribution in [-0.2, 0) is 23.1 Å². The average molecular weight is 256 g/mol. The Morgan fingerprint density at radius 1 is 1.19 bits per heavy atom. The molecule has 7 nitrogen and oxygen atoms in total. The minimum Gasteiger partial charge on any atom is -0.465 e. The summed E-state index contributed by atoms with van der Waals surface area (Å²) in [6.45, 7) is 0.692. The second-order valence-corrected chi connectivity index (χ2v) is 5.57. The summed E-state index contributed by atoms with van der Waals surface area (Å²) in [6, 6.07) is 0. The van der Waals surface area contributed by atoms with Gasteiger partial charge in [0.1, 0.15) is 19.8 Å². The Morgan fingerprint density at radius 2 is 1.75 bits per heavy atom. The minimum absolute atomic E-state index is 0.0766. The third-order valence-corrected chi connectivity index (χ3v) is 2.56. The normalized spacial score (nSPS) is 15.5. The van der Waals surface area contributed by atoms with Gasteiger partial charge in [0.2, 0.25) is 0 Å². The highest BCUT2D eigenvalue weighted by molar-refractivity contribution is 7.47. The first-order valence-corrected chi connectivity index (χ1v) is 6.24. The Balaban J connectivity index is 3.70. The largest absolute Gasteiger partial charge is 0.472 e. The van der Waals surface area contributed by atoms with Gasteiger partial charge in [-0.1, -0.05) is 0 Å². The Morgan fingerprint density at radius 3 is 2.25 bits per heavy atom. The van der Waals surface area contributed by atoms with Crippen molar-refractivity contribution in [3.05, 3.63) is 0 Å². The van der Waals surface area contributed by atoms with Crippen molar-refractivity contribution in [2.75, 3.05) is 47.5 Å². The Hall–Kier alpha value is -0.460. The molecule has 0 aromatic carbocycles. The van der Waals surface area contributed by atoms with Gasteiger partial charge in [0.05, 0.1) is 27.7 Å². The molecule has 0 saturated carbocycles. The third-order valence-electron chi connectivity index (χ3n) is 1.54. The lowest BCUT2D eigenvalue weighted by atomic mass is 10.5. The van der Waals surface area contributed by atoms with E-state index in [9.17, 15) is 14.3 Å². The number of ether oxygens (including phenoxy) is 1. The fourth-order valence-corrected chi connectivity index (χ4v) is 1.41. The molecule has 0 radical (unpaired) electrons. The standard InChI is InChI=1S/C8H18NO6P/c1-9(2,3)4-5-14-16(11,12)15-7-6-13-8-10/h8H,4-7H2,1-3H3/p+1. The van der Waals surface area contributed by atoms with Crippen LogP contribution in [0.1, 0.15) is 0 Å². The number of hydrogen-bond acceptors (Lipinski definition) is 5. The lowest BCUT2D eigenvalue weighted by molar-refractivity contribution is -0.870. The van der Waals surface area contributed by atoms with E-state index in [1.807, 2.05) is 21.1 Å². The van der Waals surface area contributed by atoms with Gasteiger partial charge in [-0.3, -0.25) is 13.8 Å². The molecule has 1 unspecified atom stereocenters. The number of phosphoric acid groups is 1. The highest BCUT2D eigenvalue weighted by Crippen LogP contribution is 2.42. The van der Waals surface area contributed by atoms with Crippen molar-refractivity contribution in [2.24, 2.45) is 0 Å². The predicted octanol–water partition coefficient (Wildman–Crippen LogP) is -0.000800. The monoisotopic (exact) mass is 256 g/mol. The van der Waals surface area contributed by atoms with Gasteiger partial charge in [0.25, 0.3) is 6.47 Å². The average Bonchev–Trinajstić information content (AvgIpc) is 2.10. The molecule has 0 heterocycles. The van der Waals surface area contributed by atoms with E-state index in [4.69, 9.17) is 4.52 Å². The van der Waals surface area contributed by atoms with Gasteiger partial charge >= 0.3 is 7.82 Å². The maximum atomic E-state index is 11.2. The van der Waals surface area contributed by atoms with E-state index in [1.54, 1.807) is 0 Å². The number of quaternary nitrogens is 1. The molecule has 0 aliphatic carbocycles. The van der Waals surface area contributed by atoms with Crippen LogP contribution >= 0.6 is 7.82 Å². The van der Waals surface area contributed by atoms with Crippen molar-refractivity contribution in [2.45, 2.75) is 0 Å². The maximum absolute atomic E-state index is 11.2. The summed E-state index contributed by atoms with van der Waals surface area (Å²) >= 11 is 0. The van der Waals surface area contributed by atoms with Crippen molar-refractivity contribution in [1.29, 1.82) is 0 Å². The smallest absolute Gasteiger partial charge is 0.465 e. The van der Waals surface area contributed by atoms with Crippen molar-refractivity contribution < 1.29 is 32.5 Å². The lowest BCUT2D eigenvalue weighted by Gasteiger charge is -2.23. The molecular formula is C8H19NO6P+. The van der Waals surface area contributed by atoms with E-state index in [-0.39, 0.29) is 26.3 Å². The molecule has 0 aromatic rings. The van der Waals surface area contributed by atoms with Crippen molar-refractivity contribution in [1.82, 2.24) is 0 Å². The van der Waals surface area contributed by atoms with Crippen LogP contribution < -0.4 is 0 Å². The van der Waals surface area contributed by atoms with E-state index < -0.39 is 7.82 Å². The number of rotatable bonds is 9. The van der Waals surface area contributed by atoms with E-state index in [0.717, 1.165) is 0 Å². The third kappa shape index (κ3) is 10.1. The van der Waals surface area contributed by atoms with E-state index >= 15 is 0 Å². The molecule has 96 valence electrons. The highest BCUT2D eigenvalue weighted by atomic mass is 31.2. The molecule has 1 N–H and O–H groups in total. The van der Waals surface area contributed by atoms with Crippen LogP contribution in [0.15, 0.2) is 0 Å². The molecule has 16 heavy (non-hydrogen) atoms. The topological polar surface area (TPSA) is 82.1 Å². The van der Waals surface area contributed by atoms with Gasteiger partial charge in [-0.25, -0.2) is 4.57 Å². The number of hydrogen-bond donors (Lipinski definition) is 1. The van der Waals surface area contributed by atoms with E-state index in [2.05, 4.69) is 9.26 Å². The summed E-state index contributed by atoms with van der Waals surface area (Å²) in [7, 11) is 1.78. The fraction of sp³-hybridized carbons (Fsp3) is 0.875. The van der Waals surface area contributed by atoms with Crippen LogP contribution in [-0.4, -0.2) is 63.4 Å². The summed E-state index contributed by atoms with van der Waals surface area (Å²) in [5, 5.41) is 0. The summed E-state index contributed by atoms with van der Waals surface area (Å²) < 4.78 is 25.4. The minimum atomic E-state index is -4.02. The SMILES string of the molecule is C[N+](C)(C)CCOP(=O)(O)OCCOC=O. The lowest BCUT2D eigenvalue weighted by Crippen LogP contribution is -2.37. The van der Waals surface area contributed by atoms with E-state index in [1.165, 1.54) is 0 Å². The fourth-order valence-electron chi connectivity index (χ4n) is 0.716. The summed E-state index contributed by atoms with van der Waals surface area (Å²) in [4.78, 5) is 18.9. The molecule has 0 saturated heterocycles. The van der Waals surface area contributed by atoms with Crippen molar-refractivity contribution in [3.63, 3.8) is 0 Å². The Kier molecular flexibility index (Phi) is 6.78. The zero-order valence-corrected chi connectivity index (χ0v) is 10.7. The Bertz CT molecular complexity index is 251. The van der Waals surface area contributed by atoms with Gasteiger partial charge < -0.3 is 14.1 Å². The molecular weight excluding hydrogens is 237 g/mol. The number of phosphoric ester groups is 1. The molecule has 0 bridgehead atoms. The predicted molar refractivity (Wildman–Crippen MR) is 56.6 cm³/mol. The molecule has 0 fully saturated rings. The van der Waals surface area contributed by atoms with Gasteiger partial charge in [-0.05, 0) is 0 Å². The van der Waals surface area contributed by atoms with Gasteiger partial charge in [0, 0.05) is 0 Å². The van der Waals surface area contributed by atoms with Gasteiger partial charge in [-0.15, -0.1) is 0 Å². The molecule has 0 aliphatic rings. The van der Waals surface area contributed by atoms with Crippen molar-refractivity contribution >= 4 is 14.3 Å². The summed E-state index contributed by atoms with van der Waals surface area (Å²) in [5.74, 6) is 0. The summed E-state index contributed by atoms with van der Waals surface area (Å²) in [5.41, 5.74) is 0. The van der Waals surface area contributed by atoms with Crippen LogP contribution in [0.5, 0.6) is 0 Å². The quantitative estimate of drug-likeness (QED) is 0.270. The molecule has 0 amide bonds. The molecule has 0 spiro atoms. The maximum Gasteiger partial charge on any atom is 0.472 e. The van der Waals surface area contributed by atoms with Crippen LogP contribution in [0.4, 0.5) is 0 Å². The number of likely N-dealkylation sites (N-methyl/N-ethyl adjacent to an activating group) is 1. The van der Waals surface area contributed by atoms with Gasteiger partial charge in [0.15, 0.2) is 0 Å². The molecule has 1 atom stereocenters. The van der Waals surface area contributed by atoms with Crippen LogP contribution in [0, 0.1) is 0 Å². The highest BCUT2D eigenvalue weighted by Gasteiger charge is 2.22. The van der Waals surface area contributed by atoms with Crippen LogP contribution in [0.2, 0.25) is 0 Å². The second kappa shape index (κ2) is 6.98. The van der Waals surface area contributed by atoms with Crippen LogP contribution in [0.3, 0.4) is 0 Å². The van der Waals surface area contributed by atoms with E-state index in [0.29, 0.717) is 11.0 Å². The first-order chi connectivity index (χ1) is 7.27. The molecule has 0 aliphatic heterocycles. The molecule has 0 aromatic heterocycles. The zero-order valence-electron chi connectivity index (χ0n) is 9.79. The second-order valence-electron chi connectivity index (χ2n) is 4.12. The van der Waals surface area contributed by atoms with Crippen LogP contribution in [0.25, 0.3) is 0 Å². The van der Waals surface area contributed by atoms with Gasteiger partial charge in [-0.2, -0.15) is 0 Å². The first-order valence-electron chi connectivity index (χ1n) is 4.74.